The summed E-state index contributed by atoms with van der Waals surface area (Å²) in [5.41, 5.74) is 8.71. The van der Waals surface area contributed by atoms with Gasteiger partial charge in [-0.05, 0) is 63.2 Å². The Bertz CT molecular complexity index is 1970. The molecule has 12 nitrogen and oxygen atoms in total. The van der Waals surface area contributed by atoms with E-state index in [2.05, 4.69) is 4.98 Å². The number of aromatic amines is 1. The lowest BCUT2D eigenvalue weighted by Crippen LogP contribution is -2.21. The summed E-state index contributed by atoms with van der Waals surface area (Å²) in [5.74, 6) is -4.29. The predicted molar refractivity (Wildman–Crippen MR) is 178 cm³/mol. The van der Waals surface area contributed by atoms with E-state index in [1.165, 1.54) is 0 Å². The van der Waals surface area contributed by atoms with Crippen LogP contribution in [-0.4, -0.2) is 63.0 Å². The molecule has 0 bridgehead atoms. The third-order valence-electron chi connectivity index (χ3n) is 6.56. The Morgan fingerprint density at radius 3 is 2.08 bits per heavy atom. The molecule has 2 heterocycles. The highest BCUT2D eigenvalue weighted by Gasteiger charge is 2.39. The molecular formula is C34H32F7N5O7. The van der Waals surface area contributed by atoms with Crippen LogP contribution in [0.15, 0.2) is 77.3 Å². The van der Waals surface area contributed by atoms with Crippen LogP contribution in [0.3, 0.4) is 0 Å². The Morgan fingerprint density at radius 1 is 0.981 bits per heavy atom. The standard InChI is InChI=1S/C30H30FN5O3.2C2HF3O2/c1-4-37-23-13-21(28(31)27(15-23)38-18(2)3)17-36(22-11-9-19(10-12-22)29(32)33)30-34-16-24(35-30)26-14-20-7-5-6-8-25(20)39-26;2*3-2(4,5)1(6)7/h5-16,18H,4,17H2,1-3H3,(H3,32,33)(H,34,35);2*(H,6,7). The van der Waals surface area contributed by atoms with Crippen molar-refractivity contribution in [2.45, 2.75) is 45.8 Å². The summed E-state index contributed by atoms with van der Waals surface area (Å²) in [6.07, 6.45) is -8.62. The Kier molecular flexibility index (Phi) is 13.4. The minimum absolute atomic E-state index is 0.0378. The first-order valence-electron chi connectivity index (χ1n) is 15.2. The number of carbonyl (C=O) groups is 2. The van der Waals surface area contributed by atoms with E-state index >= 15 is 4.39 Å². The first-order valence-corrected chi connectivity index (χ1v) is 15.2. The van der Waals surface area contributed by atoms with Crippen LogP contribution in [-0.2, 0) is 16.1 Å². The fourth-order valence-corrected chi connectivity index (χ4v) is 4.30. The van der Waals surface area contributed by atoms with Gasteiger partial charge in [-0.1, -0.05) is 18.2 Å². The molecule has 0 saturated heterocycles. The van der Waals surface area contributed by atoms with E-state index in [-0.39, 0.29) is 24.2 Å². The molecule has 2 aromatic heterocycles. The van der Waals surface area contributed by atoms with Crippen molar-refractivity contribution in [3.63, 3.8) is 0 Å². The summed E-state index contributed by atoms with van der Waals surface area (Å²) in [6.45, 7) is 6.11. The Hall–Kier alpha value is -6.27. The van der Waals surface area contributed by atoms with E-state index in [0.717, 1.165) is 16.7 Å². The summed E-state index contributed by atoms with van der Waals surface area (Å²) in [5, 5.41) is 23.0. The number of H-pyrrole nitrogens is 1. The second-order valence-electron chi connectivity index (χ2n) is 10.9. The summed E-state index contributed by atoms with van der Waals surface area (Å²) in [4.78, 5) is 27.6. The molecule has 53 heavy (non-hydrogen) atoms. The number of anilines is 2. The molecule has 0 saturated carbocycles. The van der Waals surface area contributed by atoms with Gasteiger partial charge in [0.2, 0.25) is 5.95 Å². The van der Waals surface area contributed by atoms with Crippen LogP contribution in [0.4, 0.5) is 42.4 Å². The molecule has 5 aromatic rings. The lowest BCUT2D eigenvalue weighted by atomic mass is 10.1. The number of furan rings is 1. The second-order valence-corrected chi connectivity index (χ2v) is 10.9. The molecule has 6 N–H and O–H groups in total. The number of nitrogens with one attached hydrogen (secondary N) is 2. The van der Waals surface area contributed by atoms with Gasteiger partial charge < -0.3 is 39.7 Å². The van der Waals surface area contributed by atoms with Gasteiger partial charge in [0.25, 0.3) is 0 Å². The molecule has 0 aliphatic carbocycles. The molecule has 5 rings (SSSR count). The number of aromatic nitrogens is 2. The number of halogens is 7. The highest BCUT2D eigenvalue weighted by atomic mass is 19.4. The maximum Gasteiger partial charge on any atom is 0.490 e. The van der Waals surface area contributed by atoms with Crippen molar-refractivity contribution >= 4 is 40.4 Å². The lowest BCUT2D eigenvalue weighted by Gasteiger charge is -2.24. The van der Waals surface area contributed by atoms with Crippen molar-refractivity contribution in [2.24, 2.45) is 5.73 Å². The molecule has 0 unspecified atom stereocenters. The number of hydrogen-bond acceptors (Lipinski definition) is 8. The zero-order valence-corrected chi connectivity index (χ0v) is 28.0. The average molecular weight is 756 g/mol. The van der Waals surface area contributed by atoms with Gasteiger partial charge in [0.1, 0.15) is 22.9 Å². The van der Waals surface area contributed by atoms with E-state index in [9.17, 15) is 26.3 Å². The molecule has 284 valence electrons. The Balaban J connectivity index is 0.000000458. The molecule has 0 amide bonds. The SMILES string of the molecule is CCOc1cc(CN(c2ccc(C(=N)N)cc2)c2nc(-c3cc4ccccc4o3)c[nH]2)c(F)c(OC(C)C)c1.O=C(O)C(F)(F)F.O=C(O)C(F)(F)F. The molecule has 0 spiro atoms. The van der Waals surface area contributed by atoms with Crippen molar-refractivity contribution in [3.05, 3.63) is 89.9 Å². The third-order valence-corrected chi connectivity index (χ3v) is 6.56. The molecule has 3 aromatic carbocycles. The number of hydrogen-bond donors (Lipinski definition) is 5. The highest BCUT2D eigenvalue weighted by molar-refractivity contribution is 5.95. The number of benzene rings is 3. The van der Waals surface area contributed by atoms with Crippen LogP contribution in [0.2, 0.25) is 0 Å². The maximum absolute atomic E-state index is 15.7. The van der Waals surface area contributed by atoms with Gasteiger partial charge in [-0.15, -0.1) is 0 Å². The fraction of sp³-hybridized carbons (Fsp3) is 0.235. The molecule has 0 aliphatic heterocycles. The van der Waals surface area contributed by atoms with Crippen LogP contribution < -0.4 is 20.1 Å². The number of fused-ring (bicyclic) bond motifs is 1. The normalized spacial score (nSPS) is 11.2. The van der Waals surface area contributed by atoms with Crippen LogP contribution in [0.5, 0.6) is 11.5 Å². The number of nitrogens with zero attached hydrogens (tertiary/aromatic N) is 2. The third kappa shape index (κ3) is 11.6. The number of carboxylic acid groups (broad SMARTS) is 2. The number of ether oxygens (including phenoxy) is 2. The van der Waals surface area contributed by atoms with Crippen molar-refractivity contribution < 1.29 is 64.4 Å². The van der Waals surface area contributed by atoms with Gasteiger partial charge >= 0.3 is 24.3 Å². The molecule has 0 atom stereocenters. The van der Waals surface area contributed by atoms with Gasteiger partial charge in [0, 0.05) is 34.5 Å². The summed E-state index contributed by atoms with van der Waals surface area (Å²) >= 11 is 0. The first-order chi connectivity index (χ1) is 24.7. The minimum atomic E-state index is -5.08. The van der Waals surface area contributed by atoms with Gasteiger partial charge in [0.05, 0.1) is 19.3 Å². The van der Waals surface area contributed by atoms with Gasteiger partial charge in [0.15, 0.2) is 17.3 Å². The minimum Gasteiger partial charge on any atom is -0.494 e. The second kappa shape index (κ2) is 17.3. The monoisotopic (exact) mass is 755 g/mol. The number of nitrogens with two attached hydrogens (primary N) is 1. The number of amidine groups is 1. The zero-order chi connectivity index (χ0) is 39.7. The topological polar surface area (TPSA) is 188 Å². The van der Waals surface area contributed by atoms with Crippen LogP contribution in [0, 0.1) is 11.2 Å². The number of nitrogen functional groups attached to an aromatic ring is 1. The number of aliphatic carboxylic acids is 2. The van der Waals surface area contributed by atoms with E-state index in [0.29, 0.717) is 40.9 Å². The summed E-state index contributed by atoms with van der Waals surface area (Å²) < 4.78 is 96.6. The maximum atomic E-state index is 15.7. The zero-order valence-electron chi connectivity index (χ0n) is 28.0. The number of alkyl halides is 6. The fourth-order valence-electron chi connectivity index (χ4n) is 4.30. The van der Waals surface area contributed by atoms with E-state index < -0.39 is 30.1 Å². The lowest BCUT2D eigenvalue weighted by molar-refractivity contribution is -0.193. The first kappa shape index (κ1) is 41.2. The average Bonchev–Trinajstić information content (AvgIpc) is 3.73. The largest absolute Gasteiger partial charge is 0.494 e. The van der Waals surface area contributed by atoms with Crippen molar-refractivity contribution in [1.29, 1.82) is 5.41 Å². The van der Waals surface area contributed by atoms with Crippen molar-refractivity contribution in [3.8, 4) is 23.0 Å². The Morgan fingerprint density at radius 2 is 1.57 bits per heavy atom. The molecule has 19 heteroatoms. The smallest absolute Gasteiger partial charge is 0.490 e. The molecule has 0 radical (unpaired) electrons. The van der Waals surface area contributed by atoms with E-state index in [4.69, 9.17) is 49.8 Å². The van der Waals surface area contributed by atoms with E-state index in [1.807, 2.05) is 68.1 Å². The predicted octanol–water partition coefficient (Wildman–Crippen LogP) is 8.04. The van der Waals surface area contributed by atoms with Gasteiger partial charge in [-0.3, -0.25) is 5.41 Å². The van der Waals surface area contributed by atoms with Crippen LogP contribution in [0.25, 0.3) is 22.4 Å². The Labute approximate surface area is 296 Å². The van der Waals surface area contributed by atoms with Crippen LogP contribution >= 0.6 is 0 Å². The molecule has 0 aliphatic rings. The van der Waals surface area contributed by atoms with E-state index in [1.54, 1.807) is 30.5 Å². The quantitative estimate of drug-likeness (QED) is 0.0530. The number of para-hydroxylation sites is 1. The molecular weight excluding hydrogens is 723 g/mol. The number of imidazole rings is 1. The van der Waals surface area contributed by atoms with Gasteiger partial charge in [-0.25, -0.2) is 19.0 Å². The van der Waals surface area contributed by atoms with Gasteiger partial charge in [-0.2, -0.15) is 26.3 Å². The molecule has 0 fully saturated rings. The summed E-state index contributed by atoms with van der Waals surface area (Å²) in [6, 6.07) is 20.0. The van der Waals surface area contributed by atoms with Crippen molar-refractivity contribution in [1.82, 2.24) is 9.97 Å². The number of carboxylic acids is 2. The van der Waals surface area contributed by atoms with Crippen molar-refractivity contribution in [2.75, 3.05) is 11.5 Å². The summed E-state index contributed by atoms with van der Waals surface area (Å²) in [7, 11) is 0. The van der Waals surface area contributed by atoms with Crippen LogP contribution in [0.1, 0.15) is 31.9 Å². The highest BCUT2D eigenvalue weighted by Crippen LogP contribution is 2.34. The number of rotatable bonds is 10.